The predicted octanol–water partition coefficient (Wildman–Crippen LogP) is 2.86. The molecule has 0 aromatic heterocycles. The van der Waals surface area contributed by atoms with Crippen molar-refractivity contribution < 1.29 is 9.90 Å². The van der Waals surface area contributed by atoms with Crippen LogP contribution in [0.3, 0.4) is 0 Å². The van der Waals surface area contributed by atoms with Gasteiger partial charge in [-0.3, -0.25) is 4.79 Å². The Bertz CT molecular complexity index is 535. The largest absolute Gasteiger partial charge is 0.396 e. The lowest BCUT2D eigenvalue weighted by atomic mass is 10.0. The van der Waals surface area contributed by atoms with E-state index in [1.807, 2.05) is 54.6 Å². The van der Waals surface area contributed by atoms with Gasteiger partial charge in [0.25, 0.3) is 5.91 Å². The Morgan fingerprint density at radius 2 is 1.55 bits per heavy atom. The zero-order valence-electron chi connectivity index (χ0n) is 11.4. The summed E-state index contributed by atoms with van der Waals surface area (Å²) in [7, 11) is 0. The lowest BCUT2D eigenvalue weighted by Gasteiger charge is -2.06. The van der Waals surface area contributed by atoms with Gasteiger partial charge in [0.2, 0.25) is 0 Å². The molecule has 3 nitrogen and oxygen atoms in total. The highest BCUT2D eigenvalue weighted by molar-refractivity contribution is 5.94. The number of carbonyl (C=O) groups excluding carboxylic acids is 1. The quantitative estimate of drug-likeness (QED) is 0.792. The van der Waals surface area contributed by atoms with Crippen LogP contribution < -0.4 is 5.32 Å². The molecule has 1 amide bonds. The van der Waals surface area contributed by atoms with Crippen molar-refractivity contribution in [3.8, 4) is 11.1 Å². The third kappa shape index (κ3) is 3.93. The minimum atomic E-state index is -0.0671. The molecule has 0 aliphatic rings. The summed E-state index contributed by atoms with van der Waals surface area (Å²) in [5.41, 5.74) is 2.90. The normalized spacial score (nSPS) is 10.2. The van der Waals surface area contributed by atoms with Crippen molar-refractivity contribution in [1.29, 1.82) is 0 Å². The first-order chi connectivity index (χ1) is 9.81. The zero-order valence-corrected chi connectivity index (χ0v) is 11.4. The Balaban J connectivity index is 1.96. The van der Waals surface area contributed by atoms with Gasteiger partial charge in [-0.2, -0.15) is 0 Å². The molecular formula is C17H19NO2. The molecule has 0 atom stereocenters. The molecule has 0 bridgehead atoms. The Labute approximate surface area is 119 Å². The van der Waals surface area contributed by atoms with Gasteiger partial charge < -0.3 is 10.4 Å². The molecule has 0 unspecified atom stereocenters. The van der Waals surface area contributed by atoms with Crippen LogP contribution in [0.15, 0.2) is 54.6 Å². The number of aliphatic hydroxyl groups excluding tert-OH is 1. The van der Waals surface area contributed by atoms with Crippen LogP contribution in [-0.2, 0) is 0 Å². The van der Waals surface area contributed by atoms with E-state index in [4.69, 9.17) is 5.11 Å². The average Bonchev–Trinajstić information content (AvgIpc) is 2.52. The Hall–Kier alpha value is -2.13. The van der Waals surface area contributed by atoms with Gasteiger partial charge in [-0.25, -0.2) is 0 Å². The Morgan fingerprint density at radius 1 is 0.900 bits per heavy atom. The smallest absolute Gasteiger partial charge is 0.251 e. The molecule has 3 heteroatoms. The van der Waals surface area contributed by atoms with E-state index in [9.17, 15) is 4.79 Å². The first-order valence-corrected chi connectivity index (χ1v) is 6.86. The molecule has 2 aromatic rings. The van der Waals surface area contributed by atoms with Crippen molar-refractivity contribution in [1.82, 2.24) is 5.32 Å². The van der Waals surface area contributed by atoms with Gasteiger partial charge in [0.1, 0.15) is 0 Å². The molecule has 2 rings (SSSR count). The molecule has 0 saturated heterocycles. The first kappa shape index (κ1) is 14.3. The Kier molecular flexibility index (Phi) is 5.33. The summed E-state index contributed by atoms with van der Waals surface area (Å²) in [6.45, 7) is 0.765. The van der Waals surface area contributed by atoms with Gasteiger partial charge in [-0.1, -0.05) is 42.5 Å². The summed E-state index contributed by atoms with van der Waals surface area (Å²) in [4.78, 5) is 11.9. The summed E-state index contributed by atoms with van der Waals surface area (Å²) in [6, 6.07) is 17.7. The van der Waals surface area contributed by atoms with Gasteiger partial charge >= 0.3 is 0 Å². The topological polar surface area (TPSA) is 49.3 Å². The van der Waals surface area contributed by atoms with E-state index < -0.39 is 0 Å². The summed E-state index contributed by atoms with van der Waals surface area (Å²) < 4.78 is 0. The highest BCUT2D eigenvalue weighted by atomic mass is 16.2. The average molecular weight is 269 g/mol. The molecular weight excluding hydrogens is 250 g/mol. The van der Waals surface area contributed by atoms with Crippen molar-refractivity contribution in [3.63, 3.8) is 0 Å². The number of unbranched alkanes of at least 4 members (excludes halogenated alkanes) is 1. The van der Waals surface area contributed by atoms with Crippen molar-refractivity contribution >= 4 is 5.91 Å². The predicted molar refractivity (Wildman–Crippen MR) is 80.5 cm³/mol. The van der Waals surface area contributed by atoms with Crippen LogP contribution in [0.2, 0.25) is 0 Å². The number of rotatable bonds is 6. The zero-order chi connectivity index (χ0) is 14.2. The van der Waals surface area contributed by atoms with E-state index >= 15 is 0 Å². The van der Waals surface area contributed by atoms with E-state index in [0.29, 0.717) is 18.5 Å². The summed E-state index contributed by atoms with van der Waals surface area (Å²) in [5, 5.41) is 11.5. The molecule has 0 aliphatic carbocycles. The van der Waals surface area contributed by atoms with Gasteiger partial charge in [0.15, 0.2) is 0 Å². The maximum Gasteiger partial charge on any atom is 0.251 e. The fourth-order valence-electron chi connectivity index (χ4n) is 1.99. The number of aliphatic hydroxyl groups is 1. The standard InChI is InChI=1S/C17H19NO2/c19-13-5-4-12-18-17(20)16-10-8-15(9-11-16)14-6-2-1-3-7-14/h1-3,6-11,19H,4-5,12-13H2,(H,18,20). The molecule has 104 valence electrons. The second-order valence-electron chi connectivity index (χ2n) is 4.63. The second-order valence-corrected chi connectivity index (χ2v) is 4.63. The molecule has 2 aromatic carbocycles. The number of hydrogen-bond donors (Lipinski definition) is 2. The molecule has 2 N–H and O–H groups in total. The van der Waals surface area contributed by atoms with Gasteiger partial charge in [-0.05, 0) is 36.1 Å². The minimum absolute atomic E-state index is 0.0671. The van der Waals surface area contributed by atoms with Crippen LogP contribution in [-0.4, -0.2) is 24.2 Å². The van der Waals surface area contributed by atoms with Gasteiger partial charge in [0, 0.05) is 18.7 Å². The van der Waals surface area contributed by atoms with E-state index in [0.717, 1.165) is 17.5 Å². The van der Waals surface area contributed by atoms with Crippen LogP contribution in [0.4, 0.5) is 0 Å². The number of hydrogen-bond acceptors (Lipinski definition) is 2. The number of benzene rings is 2. The molecule has 20 heavy (non-hydrogen) atoms. The van der Waals surface area contributed by atoms with E-state index in [-0.39, 0.29) is 12.5 Å². The van der Waals surface area contributed by atoms with Crippen LogP contribution >= 0.6 is 0 Å². The van der Waals surface area contributed by atoms with Crippen LogP contribution in [0.25, 0.3) is 11.1 Å². The molecule has 0 saturated carbocycles. The molecule has 0 aliphatic heterocycles. The first-order valence-electron chi connectivity index (χ1n) is 6.86. The maximum absolute atomic E-state index is 11.9. The molecule has 0 radical (unpaired) electrons. The van der Waals surface area contributed by atoms with E-state index in [1.165, 1.54) is 0 Å². The lowest BCUT2D eigenvalue weighted by molar-refractivity contribution is 0.0952. The Morgan fingerprint density at radius 3 is 2.20 bits per heavy atom. The minimum Gasteiger partial charge on any atom is -0.396 e. The fraction of sp³-hybridized carbons (Fsp3) is 0.235. The highest BCUT2D eigenvalue weighted by Gasteiger charge is 2.05. The van der Waals surface area contributed by atoms with Crippen molar-refractivity contribution in [3.05, 3.63) is 60.2 Å². The number of nitrogens with one attached hydrogen (secondary N) is 1. The maximum atomic E-state index is 11.9. The summed E-state index contributed by atoms with van der Waals surface area (Å²) >= 11 is 0. The van der Waals surface area contributed by atoms with Crippen LogP contribution in [0.5, 0.6) is 0 Å². The van der Waals surface area contributed by atoms with Crippen molar-refractivity contribution in [2.75, 3.05) is 13.2 Å². The van der Waals surface area contributed by atoms with E-state index in [2.05, 4.69) is 5.32 Å². The molecule has 0 spiro atoms. The third-order valence-corrected chi connectivity index (χ3v) is 3.12. The summed E-state index contributed by atoms with van der Waals surface area (Å²) in [5.74, 6) is -0.0671. The number of amides is 1. The molecule has 0 heterocycles. The lowest BCUT2D eigenvalue weighted by Crippen LogP contribution is -2.24. The van der Waals surface area contributed by atoms with E-state index in [1.54, 1.807) is 0 Å². The van der Waals surface area contributed by atoms with Crippen molar-refractivity contribution in [2.45, 2.75) is 12.8 Å². The van der Waals surface area contributed by atoms with Crippen LogP contribution in [0.1, 0.15) is 23.2 Å². The summed E-state index contributed by atoms with van der Waals surface area (Å²) in [6.07, 6.45) is 1.51. The highest BCUT2D eigenvalue weighted by Crippen LogP contribution is 2.19. The fourth-order valence-corrected chi connectivity index (χ4v) is 1.99. The SMILES string of the molecule is O=C(NCCCCO)c1ccc(-c2ccccc2)cc1. The van der Waals surface area contributed by atoms with Crippen LogP contribution in [0, 0.1) is 0 Å². The monoisotopic (exact) mass is 269 g/mol. The van der Waals surface area contributed by atoms with Gasteiger partial charge in [0.05, 0.1) is 0 Å². The third-order valence-electron chi connectivity index (χ3n) is 3.12. The molecule has 0 fully saturated rings. The second kappa shape index (κ2) is 7.46. The van der Waals surface area contributed by atoms with Crippen molar-refractivity contribution in [2.24, 2.45) is 0 Å². The number of carbonyl (C=O) groups is 1. The van der Waals surface area contributed by atoms with Gasteiger partial charge in [-0.15, -0.1) is 0 Å².